The van der Waals surface area contributed by atoms with Crippen LogP contribution in [0.15, 0.2) is 66.9 Å². The van der Waals surface area contributed by atoms with Crippen LogP contribution < -0.4 is 10.1 Å². The van der Waals surface area contributed by atoms with E-state index in [2.05, 4.69) is 21.4 Å². The number of fused-ring (bicyclic) bond motifs is 1. The van der Waals surface area contributed by atoms with Gasteiger partial charge in [0, 0.05) is 23.5 Å². The van der Waals surface area contributed by atoms with Gasteiger partial charge >= 0.3 is 0 Å². The number of hydrogen-bond donors (Lipinski definition) is 1. The second kappa shape index (κ2) is 6.93. The number of ether oxygens (including phenoxy) is 1. The number of para-hydroxylation sites is 1. The molecule has 26 heavy (non-hydrogen) atoms. The monoisotopic (exact) mass is 361 g/mol. The van der Waals surface area contributed by atoms with Crippen LogP contribution in [0.2, 0.25) is 0 Å². The average Bonchev–Trinajstić information content (AvgIpc) is 3.12. The van der Waals surface area contributed by atoms with E-state index in [0.717, 1.165) is 20.8 Å². The summed E-state index contributed by atoms with van der Waals surface area (Å²) in [4.78, 5) is 21.1. The number of nitrogens with one attached hydrogen (secondary N) is 1. The van der Waals surface area contributed by atoms with Crippen LogP contribution in [0.25, 0.3) is 20.8 Å². The third kappa shape index (κ3) is 3.27. The second-order valence-corrected chi connectivity index (χ2v) is 6.64. The molecule has 6 heteroatoms. The molecule has 0 spiro atoms. The van der Waals surface area contributed by atoms with Crippen molar-refractivity contribution in [2.24, 2.45) is 0 Å². The van der Waals surface area contributed by atoms with E-state index in [1.54, 1.807) is 23.5 Å². The molecule has 4 aromatic rings. The quantitative estimate of drug-likeness (QED) is 0.576. The van der Waals surface area contributed by atoms with E-state index >= 15 is 0 Å². The zero-order chi connectivity index (χ0) is 17.9. The molecular formula is C20H15N3O2S. The normalized spacial score (nSPS) is 10.7. The third-order valence-corrected chi connectivity index (χ3v) is 4.95. The molecular weight excluding hydrogens is 346 g/mol. The van der Waals surface area contributed by atoms with Gasteiger partial charge in [-0.1, -0.05) is 24.3 Å². The van der Waals surface area contributed by atoms with Gasteiger partial charge in [0.1, 0.15) is 5.01 Å². The topological polar surface area (TPSA) is 64.1 Å². The highest BCUT2D eigenvalue weighted by Crippen LogP contribution is 2.31. The Morgan fingerprint density at radius 2 is 1.96 bits per heavy atom. The molecule has 1 N–H and O–H groups in total. The molecule has 0 aliphatic rings. The van der Waals surface area contributed by atoms with Crippen LogP contribution in [0.4, 0.5) is 5.69 Å². The lowest BCUT2D eigenvalue weighted by molar-refractivity contribution is 0.102. The van der Waals surface area contributed by atoms with Gasteiger partial charge in [0.25, 0.3) is 5.91 Å². The molecule has 0 saturated carbocycles. The van der Waals surface area contributed by atoms with Crippen LogP contribution in [0.5, 0.6) is 5.88 Å². The summed E-state index contributed by atoms with van der Waals surface area (Å²) >= 11 is 1.63. The molecule has 4 rings (SSSR count). The first kappa shape index (κ1) is 16.2. The van der Waals surface area contributed by atoms with E-state index in [1.807, 2.05) is 42.5 Å². The molecule has 0 atom stereocenters. The molecule has 2 aromatic heterocycles. The van der Waals surface area contributed by atoms with Crippen molar-refractivity contribution in [3.05, 3.63) is 72.4 Å². The first-order chi connectivity index (χ1) is 12.7. The average molecular weight is 361 g/mol. The SMILES string of the molecule is COc1ccc(C(=O)Nc2cccc(-c3nc4ccccc4s3)c2)cn1. The Morgan fingerprint density at radius 1 is 1.08 bits per heavy atom. The lowest BCUT2D eigenvalue weighted by atomic mass is 10.2. The van der Waals surface area contributed by atoms with E-state index in [0.29, 0.717) is 17.1 Å². The molecule has 0 bridgehead atoms. The van der Waals surface area contributed by atoms with Crippen LogP contribution in [-0.4, -0.2) is 23.0 Å². The summed E-state index contributed by atoms with van der Waals surface area (Å²) in [5.74, 6) is 0.251. The van der Waals surface area contributed by atoms with Crippen molar-refractivity contribution in [2.45, 2.75) is 0 Å². The number of aromatic nitrogens is 2. The Balaban J connectivity index is 1.57. The van der Waals surface area contributed by atoms with Crippen molar-refractivity contribution in [2.75, 3.05) is 12.4 Å². The van der Waals surface area contributed by atoms with E-state index in [1.165, 1.54) is 13.3 Å². The van der Waals surface area contributed by atoms with Crippen LogP contribution in [0.1, 0.15) is 10.4 Å². The molecule has 0 aliphatic carbocycles. The molecule has 0 unspecified atom stereocenters. The van der Waals surface area contributed by atoms with Crippen LogP contribution in [0.3, 0.4) is 0 Å². The number of pyridine rings is 1. The zero-order valence-corrected chi connectivity index (χ0v) is 14.8. The Morgan fingerprint density at radius 3 is 2.73 bits per heavy atom. The summed E-state index contributed by atoms with van der Waals surface area (Å²) in [7, 11) is 1.54. The Bertz CT molecular complexity index is 1040. The molecule has 2 aromatic carbocycles. The summed E-state index contributed by atoms with van der Waals surface area (Å²) in [6.45, 7) is 0. The van der Waals surface area contributed by atoms with Gasteiger partial charge in [-0.2, -0.15) is 0 Å². The van der Waals surface area contributed by atoms with Gasteiger partial charge in [-0.15, -0.1) is 11.3 Å². The van der Waals surface area contributed by atoms with Gasteiger partial charge in [0.2, 0.25) is 5.88 Å². The standard InChI is InChI=1S/C20H15N3O2S/c1-25-18-10-9-14(12-21-18)19(24)22-15-6-4-5-13(11-15)20-23-16-7-2-3-8-17(16)26-20/h2-12H,1H3,(H,22,24). The number of hydrogen-bond acceptors (Lipinski definition) is 5. The van der Waals surface area contributed by atoms with Crippen molar-refractivity contribution in [3.8, 4) is 16.5 Å². The maximum absolute atomic E-state index is 12.4. The Hall–Kier alpha value is -3.25. The van der Waals surface area contributed by atoms with E-state index in [-0.39, 0.29) is 5.91 Å². The molecule has 0 saturated heterocycles. The predicted octanol–water partition coefficient (Wildman–Crippen LogP) is 4.62. The van der Waals surface area contributed by atoms with Gasteiger partial charge in [0.15, 0.2) is 0 Å². The number of benzene rings is 2. The van der Waals surface area contributed by atoms with Crippen molar-refractivity contribution < 1.29 is 9.53 Å². The number of nitrogens with zero attached hydrogens (tertiary/aromatic N) is 2. The minimum atomic E-state index is -0.221. The summed E-state index contributed by atoms with van der Waals surface area (Å²) in [5, 5.41) is 3.82. The fraction of sp³-hybridized carbons (Fsp3) is 0.0500. The predicted molar refractivity (Wildman–Crippen MR) is 104 cm³/mol. The minimum Gasteiger partial charge on any atom is -0.481 e. The minimum absolute atomic E-state index is 0.221. The molecule has 5 nitrogen and oxygen atoms in total. The van der Waals surface area contributed by atoms with Crippen molar-refractivity contribution in [3.63, 3.8) is 0 Å². The molecule has 2 heterocycles. The van der Waals surface area contributed by atoms with Crippen molar-refractivity contribution in [1.29, 1.82) is 0 Å². The fourth-order valence-corrected chi connectivity index (χ4v) is 3.53. The number of carbonyl (C=O) groups excluding carboxylic acids is 1. The fourth-order valence-electron chi connectivity index (χ4n) is 2.56. The maximum Gasteiger partial charge on any atom is 0.257 e. The number of amides is 1. The van der Waals surface area contributed by atoms with E-state index in [4.69, 9.17) is 4.74 Å². The first-order valence-corrected chi connectivity index (χ1v) is 8.82. The number of thiazole rings is 1. The maximum atomic E-state index is 12.4. The zero-order valence-electron chi connectivity index (χ0n) is 14.0. The van der Waals surface area contributed by atoms with Gasteiger partial charge in [0.05, 0.1) is 22.9 Å². The summed E-state index contributed by atoms with van der Waals surface area (Å²) in [6, 6.07) is 19.0. The van der Waals surface area contributed by atoms with Gasteiger partial charge in [-0.05, 0) is 30.3 Å². The number of rotatable bonds is 4. The lowest BCUT2D eigenvalue weighted by Gasteiger charge is -2.07. The van der Waals surface area contributed by atoms with Gasteiger partial charge in [-0.25, -0.2) is 9.97 Å². The van der Waals surface area contributed by atoms with Crippen LogP contribution in [0, 0.1) is 0 Å². The molecule has 0 aliphatic heterocycles. The van der Waals surface area contributed by atoms with E-state index in [9.17, 15) is 4.79 Å². The van der Waals surface area contributed by atoms with Crippen molar-refractivity contribution >= 4 is 33.1 Å². The smallest absolute Gasteiger partial charge is 0.257 e. The summed E-state index contributed by atoms with van der Waals surface area (Å²) in [6.07, 6.45) is 1.49. The van der Waals surface area contributed by atoms with Crippen molar-refractivity contribution in [1.82, 2.24) is 9.97 Å². The van der Waals surface area contributed by atoms with Gasteiger partial charge in [-0.3, -0.25) is 4.79 Å². The second-order valence-electron chi connectivity index (χ2n) is 5.61. The number of anilines is 1. The highest BCUT2D eigenvalue weighted by atomic mass is 32.1. The lowest BCUT2D eigenvalue weighted by Crippen LogP contribution is -2.12. The van der Waals surface area contributed by atoms with Crippen LogP contribution >= 0.6 is 11.3 Å². The number of methoxy groups -OCH3 is 1. The molecule has 0 radical (unpaired) electrons. The Kier molecular flexibility index (Phi) is 4.33. The molecule has 0 fully saturated rings. The van der Waals surface area contributed by atoms with Gasteiger partial charge < -0.3 is 10.1 Å². The molecule has 128 valence electrons. The summed E-state index contributed by atoms with van der Waals surface area (Å²) in [5.41, 5.74) is 3.13. The third-order valence-electron chi connectivity index (χ3n) is 3.87. The molecule has 1 amide bonds. The Labute approximate surface area is 154 Å². The highest BCUT2D eigenvalue weighted by Gasteiger charge is 2.10. The first-order valence-electron chi connectivity index (χ1n) is 8.00. The van der Waals surface area contributed by atoms with Crippen LogP contribution in [-0.2, 0) is 0 Å². The summed E-state index contributed by atoms with van der Waals surface area (Å²) < 4.78 is 6.15. The highest BCUT2D eigenvalue weighted by molar-refractivity contribution is 7.21. The largest absolute Gasteiger partial charge is 0.481 e. The van der Waals surface area contributed by atoms with E-state index < -0.39 is 0 Å². The number of carbonyl (C=O) groups is 1.